The van der Waals surface area contributed by atoms with Crippen LogP contribution < -0.4 is 4.74 Å². The number of benzene rings is 2. The molecule has 0 aliphatic carbocycles. The van der Waals surface area contributed by atoms with Gasteiger partial charge in [-0.05, 0) is 54.2 Å². The van der Waals surface area contributed by atoms with Gasteiger partial charge in [0.2, 0.25) is 5.54 Å². The fourth-order valence-electron chi connectivity index (χ4n) is 3.52. The minimum absolute atomic E-state index is 0.164. The Morgan fingerprint density at radius 3 is 2.69 bits per heavy atom. The maximum atomic E-state index is 14.6. The van der Waals surface area contributed by atoms with Gasteiger partial charge in [-0.15, -0.1) is 0 Å². The van der Waals surface area contributed by atoms with Gasteiger partial charge >= 0.3 is 0 Å². The van der Waals surface area contributed by atoms with Gasteiger partial charge in [-0.3, -0.25) is 0 Å². The molecule has 0 radical (unpaired) electrons. The van der Waals surface area contributed by atoms with Gasteiger partial charge in [0.15, 0.2) is 6.29 Å². The fourth-order valence-corrected chi connectivity index (χ4v) is 3.52. The number of halogens is 1. The number of hydrogen-bond acceptors (Lipinski definition) is 3. The number of methoxy groups -OCH3 is 1. The van der Waals surface area contributed by atoms with Crippen LogP contribution >= 0.6 is 0 Å². The lowest BCUT2D eigenvalue weighted by molar-refractivity contribution is -0.168. The van der Waals surface area contributed by atoms with Gasteiger partial charge in [-0.1, -0.05) is 18.2 Å². The smallest absolute Gasteiger partial charge is 0.231 e. The van der Waals surface area contributed by atoms with E-state index in [2.05, 4.69) is 4.85 Å². The van der Waals surface area contributed by atoms with Crippen LogP contribution in [-0.4, -0.2) is 25.5 Å². The highest BCUT2D eigenvalue weighted by atomic mass is 19.1. The summed E-state index contributed by atoms with van der Waals surface area (Å²) in [6.07, 6.45) is 3.45. The fraction of sp³-hybridized carbons (Fsp3) is 0.458. The van der Waals surface area contributed by atoms with E-state index in [9.17, 15) is 4.39 Å². The summed E-state index contributed by atoms with van der Waals surface area (Å²) in [6.45, 7) is 12.4. The average molecular weight is 397 g/mol. The molecular weight excluding hydrogens is 369 g/mol. The highest BCUT2D eigenvalue weighted by Gasteiger charge is 2.26. The molecule has 2 aromatic rings. The Kier molecular flexibility index (Phi) is 6.89. The predicted octanol–water partition coefficient (Wildman–Crippen LogP) is 5.78. The quantitative estimate of drug-likeness (QED) is 0.555. The molecule has 1 fully saturated rings. The van der Waals surface area contributed by atoms with Crippen LogP contribution in [0.2, 0.25) is 0 Å². The molecule has 1 atom stereocenters. The summed E-state index contributed by atoms with van der Waals surface area (Å²) in [5.74, 6) is 0.283. The molecule has 0 amide bonds. The van der Waals surface area contributed by atoms with E-state index < -0.39 is 5.54 Å². The summed E-state index contributed by atoms with van der Waals surface area (Å²) < 4.78 is 31.4. The Morgan fingerprint density at radius 1 is 1.17 bits per heavy atom. The van der Waals surface area contributed by atoms with Gasteiger partial charge in [0.25, 0.3) is 0 Å². The topological polar surface area (TPSA) is 32.0 Å². The summed E-state index contributed by atoms with van der Waals surface area (Å²) in [4.78, 5) is 3.74. The lowest BCUT2D eigenvalue weighted by Gasteiger charge is -2.23. The molecule has 1 heterocycles. The van der Waals surface area contributed by atoms with Crippen molar-refractivity contribution in [3.05, 3.63) is 64.8 Å². The summed E-state index contributed by atoms with van der Waals surface area (Å²) in [5, 5.41) is 0. The van der Waals surface area contributed by atoms with Crippen molar-refractivity contribution in [1.82, 2.24) is 0 Å². The van der Waals surface area contributed by atoms with E-state index in [-0.39, 0.29) is 12.1 Å². The first kappa shape index (κ1) is 21.3. The van der Waals surface area contributed by atoms with E-state index >= 15 is 0 Å². The minimum atomic E-state index is -0.587. The molecule has 0 N–H and O–H groups in total. The van der Waals surface area contributed by atoms with Crippen molar-refractivity contribution in [2.45, 2.75) is 58.0 Å². The van der Waals surface area contributed by atoms with Gasteiger partial charge in [-0.2, -0.15) is 0 Å². The number of nitrogens with zero attached hydrogens (tertiary/aromatic N) is 1. The van der Waals surface area contributed by atoms with Crippen LogP contribution in [0.4, 0.5) is 4.39 Å². The molecule has 0 saturated carbocycles. The van der Waals surface area contributed by atoms with Crippen molar-refractivity contribution < 1.29 is 18.6 Å². The Morgan fingerprint density at radius 2 is 2.00 bits per heavy atom. The highest BCUT2D eigenvalue weighted by Crippen LogP contribution is 2.33. The number of hydrogen-bond donors (Lipinski definition) is 0. The zero-order valence-corrected chi connectivity index (χ0v) is 17.3. The maximum Gasteiger partial charge on any atom is 0.231 e. The normalized spacial score (nSPS) is 17.0. The summed E-state index contributed by atoms with van der Waals surface area (Å²) >= 11 is 0. The maximum absolute atomic E-state index is 14.6. The molecule has 4 nitrogen and oxygen atoms in total. The molecule has 0 aromatic heterocycles. The third kappa shape index (κ3) is 5.56. The first-order valence-electron chi connectivity index (χ1n) is 9.99. The van der Waals surface area contributed by atoms with E-state index in [4.69, 9.17) is 20.8 Å². The molecule has 154 valence electrons. The SMILES string of the molecule is [C-]#[N+]C(C)(C)Cc1cc(COC2CCCCO2)ccc1-c1cc(OC)ccc1F. The molecule has 2 aromatic carbocycles. The van der Waals surface area contributed by atoms with Gasteiger partial charge in [0, 0.05) is 26.0 Å². The molecule has 5 heteroatoms. The van der Waals surface area contributed by atoms with Crippen LogP contribution in [0.1, 0.15) is 44.2 Å². The molecular formula is C24H28FNO3. The van der Waals surface area contributed by atoms with Crippen molar-refractivity contribution in [1.29, 1.82) is 0 Å². The molecule has 3 rings (SSSR count). The molecule has 29 heavy (non-hydrogen) atoms. The van der Waals surface area contributed by atoms with Crippen LogP contribution in [0.5, 0.6) is 5.75 Å². The van der Waals surface area contributed by atoms with E-state index in [1.165, 1.54) is 6.07 Å². The third-order valence-corrected chi connectivity index (χ3v) is 5.13. The predicted molar refractivity (Wildman–Crippen MR) is 111 cm³/mol. The number of rotatable bonds is 7. The molecule has 1 unspecified atom stereocenters. The van der Waals surface area contributed by atoms with Crippen LogP contribution in [0.3, 0.4) is 0 Å². The van der Waals surface area contributed by atoms with Gasteiger partial charge in [0.1, 0.15) is 11.6 Å². The van der Waals surface area contributed by atoms with E-state index in [0.29, 0.717) is 24.3 Å². The van der Waals surface area contributed by atoms with Crippen molar-refractivity contribution in [3.63, 3.8) is 0 Å². The van der Waals surface area contributed by atoms with Crippen LogP contribution in [0.25, 0.3) is 16.0 Å². The van der Waals surface area contributed by atoms with Gasteiger partial charge in [0.05, 0.1) is 20.1 Å². The van der Waals surface area contributed by atoms with Crippen LogP contribution in [0, 0.1) is 12.4 Å². The average Bonchev–Trinajstić information content (AvgIpc) is 2.73. The Labute approximate surface area is 172 Å². The molecule has 1 saturated heterocycles. The minimum Gasteiger partial charge on any atom is -0.497 e. The first-order valence-corrected chi connectivity index (χ1v) is 9.99. The van der Waals surface area contributed by atoms with E-state index in [1.54, 1.807) is 19.2 Å². The Hall–Kier alpha value is -2.42. The zero-order valence-electron chi connectivity index (χ0n) is 17.3. The molecule has 0 bridgehead atoms. The second-order valence-electron chi connectivity index (χ2n) is 8.05. The second-order valence-corrected chi connectivity index (χ2v) is 8.05. The standard InChI is InChI=1S/C24H28FNO3/c1-24(2,26-3)15-18-13-17(16-29-23-7-5-6-12-28-23)8-10-20(18)21-14-19(27-4)9-11-22(21)25/h8-11,13-14,23H,5-7,12,15-16H2,1-2,4H3. The van der Waals surface area contributed by atoms with E-state index in [0.717, 1.165) is 42.6 Å². The van der Waals surface area contributed by atoms with Crippen molar-refractivity contribution in [3.8, 4) is 16.9 Å². The molecule has 1 aliphatic rings. The Balaban J connectivity index is 1.92. The monoisotopic (exact) mass is 397 g/mol. The number of ether oxygens (including phenoxy) is 3. The first-order chi connectivity index (χ1) is 13.9. The van der Waals surface area contributed by atoms with Crippen molar-refractivity contribution >= 4 is 0 Å². The Bertz CT molecular complexity index is 882. The van der Waals surface area contributed by atoms with Crippen LogP contribution in [-0.2, 0) is 22.5 Å². The summed E-state index contributed by atoms with van der Waals surface area (Å²) in [7, 11) is 1.56. The summed E-state index contributed by atoms with van der Waals surface area (Å²) in [6, 6.07) is 10.6. The lowest BCUT2D eigenvalue weighted by atomic mass is 9.88. The highest BCUT2D eigenvalue weighted by molar-refractivity contribution is 5.70. The third-order valence-electron chi connectivity index (χ3n) is 5.13. The zero-order chi connectivity index (χ0) is 20.9. The largest absolute Gasteiger partial charge is 0.497 e. The molecule has 0 spiro atoms. The summed E-state index contributed by atoms with van der Waals surface area (Å²) in [5.41, 5.74) is 2.57. The van der Waals surface area contributed by atoms with Crippen molar-refractivity contribution in [2.75, 3.05) is 13.7 Å². The van der Waals surface area contributed by atoms with Crippen LogP contribution in [0.15, 0.2) is 36.4 Å². The van der Waals surface area contributed by atoms with Gasteiger partial charge in [-0.25, -0.2) is 11.0 Å². The lowest BCUT2D eigenvalue weighted by Crippen LogP contribution is -2.22. The molecule has 1 aliphatic heterocycles. The second kappa shape index (κ2) is 9.39. The van der Waals surface area contributed by atoms with Gasteiger partial charge < -0.3 is 19.1 Å². The van der Waals surface area contributed by atoms with Crippen molar-refractivity contribution in [2.24, 2.45) is 0 Å². The van der Waals surface area contributed by atoms with E-state index in [1.807, 2.05) is 32.0 Å².